The second-order valence-corrected chi connectivity index (χ2v) is 4.42. The molecule has 0 aliphatic rings. The summed E-state index contributed by atoms with van der Waals surface area (Å²) >= 11 is 1.53. The Morgan fingerprint density at radius 2 is 2.44 bits per heavy atom. The van der Waals surface area contributed by atoms with Crippen molar-refractivity contribution in [3.63, 3.8) is 0 Å². The summed E-state index contributed by atoms with van der Waals surface area (Å²) in [6.07, 6.45) is 0.568. The van der Waals surface area contributed by atoms with Gasteiger partial charge in [0.15, 0.2) is 0 Å². The van der Waals surface area contributed by atoms with Gasteiger partial charge in [0, 0.05) is 24.2 Å². The number of urea groups is 1. The van der Waals surface area contributed by atoms with E-state index in [9.17, 15) is 4.79 Å². The van der Waals surface area contributed by atoms with E-state index in [1.54, 1.807) is 0 Å². The van der Waals surface area contributed by atoms with Crippen molar-refractivity contribution in [3.05, 3.63) is 16.1 Å². The van der Waals surface area contributed by atoms with E-state index in [0.717, 1.165) is 10.7 Å². The van der Waals surface area contributed by atoms with Crippen LogP contribution in [0.1, 0.15) is 30.1 Å². The highest BCUT2D eigenvalue weighted by Gasteiger charge is 2.11. The number of rotatable bonds is 5. The van der Waals surface area contributed by atoms with Crippen molar-refractivity contribution in [2.75, 3.05) is 13.2 Å². The zero-order valence-electron chi connectivity index (χ0n) is 9.49. The minimum atomic E-state index is -0.228. The molecule has 16 heavy (non-hydrogen) atoms. The predicted molar refractivity (Wildman–Crippen MR) is 63.5 cm³/mol. The molecule has 0 spiro atoms. The molecule has 2 amide bonds. The fraction of sp³-hybridized carbons (Fsp3) is 0.600. The maximum atomic E-state index is 11.4. The molecule has 0 fully saturated rings. The number of thiazole rings is 1. The van der Waals surface area contributed by atoms with Crippen molar-refractivity contribution >= 4 is 17.4 Å². The molecule has 0 bridgehead atoms. The maximum absolute atomic E-state index is 11.4. The minimum Gasteiger partial charge on any atom is -0.396 e. The van der Waals surface area contributed by atoms with E-state index in [0.29, 0.717) is 13.0 Å². The normalized spacial score (nSPS) is 12.2. The summed E-state index contributed by atoms with van der Waals surface area (Å²) in [7, 11) is 0. The summed E-state index contributed by atoms with van der Waals surface area (Å²) in [6.45, 7) is 4.38. The summed E-state index contributed by atoms with van der Waals surface area (Å²) in [6, 6.07) is -0.318. The topological polar surface area (TPSA) is 74.2 Å². The summed E-state index contributed by atoms with van der Waals surface area (Å²) in [5.41, 5.74) is 0.967. The SMILES string of the molecule is Cc1csc([C@@H](C)NC(=O)NCCCO)n1. The quantitative estimate of drug-likeness (QED) is 0.680. The van der Waals surface area contributed by atoms with Crippen molar-refractivity contribution in [2.45, 2.75) is 26.3 Å². The molecular weight excluding hydrogens is 226 g/mol. The zero-order valence-corrected chi connectivity index (χ0v) is 10.3. The molecule has 1 atom stereocenters. The molecule has 0 saturated heterocycles. The van der Waals surface area contributed by atoms with Crippen LogP contribution in [0.2, 0.25) is 0 Å². The van der Waals surface area contributed by atoms with Crippen molar-refractivity contribution < 1.29 is 9.90 Å². The van der Waals surface area contributed by atoms with Crippen LogP contribution in [0.15, 0.2) is 5.38 Å². The van der Waals surface area contributed by atoms with E-state index in [1.807, 2.05) is 19.2 Å². The highest BCUT2D eigenvalue weighted by Crippen LogP contribution is 2.16. The summed E-state index contributed by atoms with van der Waals surface area (Å²) < 4.78 is 0. The number of aliphatic hydroxyl groups is 1. The van der Waals surface area contributed by atoms with Gasteiger partial charge in [-0.25, -0.2) is 9.78 Å². The van der Waals surface area contributed by atoms with Gasteiger partial charge in [-0.2, -0.15) is 0 Å². The predicted octanol–water partition coefficient (Wildman–Crippen LogP) is 1.19. The Hall–Kier alpha value is -1.14. The van der Waals surface area contributed by atoms with Gasteiger partial charge in [0.25, 0.3) is 0 Å². The molecular formula is C10H17N3O2S. The number of amides is 2. The van der Waals surface area contributed by atoms with Crippen LogP contribution < -0.4 is 10.6 Å². The first kappa shape index (κ1) is 12.9. The van der Waals surface area contributed by atoms with Crippen LogP contribution in [0.5, 0.6) is 0 Å². The Bertz CT molecular complexity index is 341. The van der Waals surface area contributed by atoms with Gasteiger partial charge in [-0.1, -0.05) is 0 Å². The number of aromatic nitrogens is 1. The second kappa shape index (κ2) is 6.44. The fourth-order valence-electron chi connectivity index (χ4n) is 1.16. The Morgan fingerprint density at radius 1 is 1.69 bits per heavy atom. The van der Waals surface area contributed by atoms with Gasteiger partial charge in [0.05, 0.1) is 6.04 Å². The molecule has 1 rings (SSSR count). The van der Waals surface area contributed by atoms with Crippen LogP contribution in [-0.4, -0.2) is 29.3 Å². The lowest BCUT2D eigenvalue weighted by Crippen LogP contribution is -2.37. The van der Waals surface area contributed by atoms with Crippen LogP contribution in [0, 0.1) is 6.92 Å². The smallest absolute Gasteiger partial charge is 0.315 e. The lowest BCUT2D eigenvalue weighted by Gasteiger charge is -2.11. The lowest BCUT2D eigenvalue weighted by molar-refractivity contribution is 0.235. The molecule has 1 aromatic rings. The summed E-state index contributed by atoms with van der Waals surface area (Å²) in [4.78, 5) is 15.7. The van der Waals surface area contributed by atoms with E-state index < -0.39 is 0 Å². The van der Waals surface area contributed by atoms with Crippen molar-refractivity contribution in [3.8, 4) is 0 Å². The monoisotopic (exact) mass is 243 g/mol. The van der Waals surface area contributed by atoms with Crippen molar-refractivity contribution in [1.29, 1.82) is 0 Å². The Kier molecular flexibility index (Phi) is 5.21. The average molecular weight is 243 g/mol. The van der Waals surface area contributed by atoms with Gasteiger partial charge in [0.1, 0.15) is 5.01 Å². The standard InChI is InChI=1S/C10H17N3O2S/c1-7-6-16-9(12-7)8(2)13-10(15)11-4-3-5-14/h6,8,14H,3-5H2,1-2H3,(H2,11,13,15)/t8-/m1/s1. The van der Waals surface area contributed by atoms with Crippen molar-refractivity contribution in [2.24, 2.45) is 0 Å². The first-order chi connectivity index (χ1) is 7.63. The number of nitrogens with zero attached hydrogens (tertiary/aromatic N) is 1. The number of aliphatic hydroxyl groups excluding tert-OH is 1. The number of hydrogen-bond donors (Lipinski definition) is 3. The van der Waals surface area contributed by atoms with Gasteiger partial charge < -0.3 is 15.7 Å². The molecule has 0 saturated carbocycles. The molecule has 90 valence electrons. The van der Waals surface area contributed by atoms with Gasteiger partial charge >= 0.3 is 6.03 Å². The molecule has 3 N–H and O–H groups in total. The van der Waals surface area contributed by atoms with Crippen LogP contribution in [0.3, 0.4) is 0 Å². The molecule has 1 heterocycles. The highest BCUT2D eigenvalue weighted by molar-refractivity contribution is 7.09. The molecule has 6 heteroatoms. The Balaban J connectivity index is 2.33. The largest absolute Gasteiger partial charge is 0.396 e. The summed E-state index contributed by atoms with van der Waals surface area (Å²) in [5, 5.41) is 16.9. The molecule has 1 aromatic heterocycles. The van der Waals surface area contributed by atoms with Crippen LogP contribution in [0.4, 0.5) is 4.79 Å². The third-order valence-electron chi connectivity index (χ3n) is 1.98. The van der Waals surface area contributed by atoms with E-state index in [1.165, 1.54) is 11.3 Å². The highest BCUT2D eigenvalue weighted by atomic mass is 32.1. The van der Waals surface area contributed by atoms with E-state index in [-0.39, 0.29) is 18.7 Å². The molecule has 0 aromatic carbocycles. The van der Waals surface area contributed by atoms with Gasteiger partial charge in [-0.3, -0.25) is 0 Å². The zero-order chi connectivity index (χ0) is 12.0. The number of carbonyl (C=O) groups is 1. The van der Waals surface area contributed by atoms with Gasteiger partial charge in [-0.15, -0.1) is 11.3 Å². The van der Waals surface area contributed by atoms with Crippen LogP contribution in [0.25, 0.3) is 0 Å². The molecule has 5 nitrogen and oxygen atoms in total. The third-order valence-corrected chi connectivity index (χ3v) is 3.12. The molecule has 0 unspecified atom stereocenters. The number of aryl methyl sites for hydroxylation is 1. The number of hydrogen-bond acceptors (Lipinski definition) is 4. The average Bonchev–Trinajstić information content (AvgIpc) is 2.65. The number of carbonyl (C=O) groups excluding carboxylic acids is 1. The first-order valence-electron chi connectivity index (χ1n) is 5.20. The minimum absolute atomic E-state index is 0.0848. The van der Waals surface area contributed by atoms with Gasteiger partial charge in [0.2, 0.25) is 0 Å². The van der Waals surface area contributed by atoms with Crippen molar-refractivity contribution in [1.82, 2.24) is 15.6 Å². The second-order valence-electron chi connectivity index (χ2n) is 3.53. The first-order valence-corrected chi connectivity index (χ1v) is 6.08. The Morgan fingerprint density at radius 3 is 3.00 bits per heavy atom. The summed E-state index contributed by atoms with van der Waals surface area (Å²) in [5.74, 6) is 0. The molecule has 0 aliphatic carbocycles. The molecule has 0 radical (unpaired) electrons. The number of nitrogens with one attached hydrogen (secondary N) is 2. The Labute approximate surface area is 98.9 Å². The van der Waals surface area contributed by atoms with E-state index in [2.05, 4.69) is 15.6 Å². The van der Waals surface area contributed by atoms with Crippen LogP contribution in [-0.2, 0) is 0 Å². The lowest BCUT2D eigenvalue weighted by atomic mass is 10.3. The fourth-order valence-corrected chi connectivity index (χ4v) is 1.97. The molecule has 0 aliphatic heterocycles. The van der Waals surface area contributed by atoms with Gasteiger partial charge in [-0.05, 0) is 20.3 Å². The van der Waals surface area contributed by atoms with E-state index >= 15 is 0 Å². The van der Waals surface area contributed by atoms with E-state index in [4.69, 9.17) is 5.11 Å². The van der Waals surface area contributed by atoms with Crippen LogP contribution >= 0.6 is 11.3 Å². The maximum Gasteiger partial charge on any atom is 0.315 e. The third kappa shape index (κ3) is 4.16.